The van der Waals surface area contributed by atoms with Gasteiger partial charge in [-0.3, -0.25) is 9.59 Å². The summed E-state index contributed by atoms with van der Waals surface area (Å²) in [6.07, 6.45) is 5.61. The Hall–Kier alpha value is -6.26. The van der Waals surface area contributed by atoms with Gasteiger partial charge < -0.3 is 40.6 Å². The number of likely N-dealkylation sites (tertiary alicyclic amines) is 2. The third-order valence-electron chi connectivity index (χ3n) is 11.3. The minimum atomic E-state index is -1.14. The lowest BCUT2D eigenvalue weighted by molar-refractivity contribution is -0.133. The van der Waals surface area contributed by atoms with Crippen molar-refractivity contribution < 1.29 is 29.4 Å². The lowest BCUT2D eigenvalue weighted by atomic mass is 10.0. The molecular formula is C44H46N8O6S2. The van der Waals surface area contributed by atoms with E-state index >= 15 is 0 Å². The SMILES string of the molecule is O=C(O)NC(CC(=O)N1CCCC1c1ncc(-c2ccc(-c3ccc(-c4cnc(C5CCCN5C(=O)C[C@H](Cc5ccsc5)NC(=O)O)[nH]4)cc3)cc2)[nH]1)Cc1ccsc1. The molecule has 2 fully saturated rings. The summed E-state index contributed by atoms with van der Waals surface area (Å²) < 4.78 is 0. The Morgan fingerprint density at radius 3 is 1.40 bits per heavy atom. The molecule has 0 saturated carbocycles. The Morgan fingerprint density at radius 2 is 1.03 bits per heavy atom. The monoisotopic (exact) mass is 846 g/mol. The van der Waals surface area contributed by atoms with Gasteiger partial charge in [0.15, 0.2) is 0 Å². The van der Waals surface area contributed by atoms with Crippen molar-refractivity contribution in [3.63, 3.8) is 0 Å². The second kappa shape index (κ2) is 18.3. The molecule has 2 aromatic carbocycles. The molecule has 8 rings (SSSR count). The molecule has 2 aliphatic heterocycles. The summed E-state index contributed by atoms with van der Waals surface area (Å²) in [5, 5.41) is 31.7. The molecule has 0 bridgehead atoms. The van der Waals surface area contributed by atoms with Crippen LogP contribution in [0.25, 0.3) is 33.6 Å². The molecule has 6 N–H and O–H groups in total. The van der Waals surface area contributed by atoms with Crippen molar-refractivity contribution in [2.24, 2.45) is 0 Å². The lowest BCUT2D eigenvalue weighted by Crippen LogP contribution is -2.41. The van der Waals surface area contributed by atoms with Crippen molar-refractivity contribution >= 4 is 46.7 Å². The van der Waals surface area contributed by atoms with Crippen LogP contribution in [0.5, 0.6) is 0 Å². The molecule has 310 valence electrons. The summed E-state index contributed by atoms with van der Waals surface area (Å²) in [7, 11) is 0. The molecule has 16 heteroatoms. The number of rotatable bonds is 15. The molecule has 0 radical (unpaired) electrons. The fraction of sp³-hybridized carbons (Fsp3) is 0.318. The van der Waals surface area contributed by atoms with Gasteiger partial charge in [-0.1, -0.05) is 48.5 Å². The highest BCUT2D eigenvalue weighted by molar-refractivity contribution is 7.08. The van der Waals surface area contributed by atoms with Gasteiger partial charge in [0.1, 0.15) is 11.6 Å². The van der Waals surface area contributed by atoms with Gasteiger partial charge in [0.2, 0.25) is 11.8 Å². The number of nitrogens with one attached hydrogen (secondary N) is 4. The summed E-state index contributed by atoms with van der Waals surface area (Å²) in [5.74, 6) is 1.25. The summed E-state index contributed by atoms with van der Waals surface area (Å²) in [6.45, 7) is 1.19. The number of imidazole rings is 2. The number of hydrogen-bond acceptors (Lipinski definition) is 8. The van der Waals surface area contributed by atoms with E-state index in [1.165, 1.54) is 0 Å². The number of amides is 4. The molecule has 0 aliphatic carbocycles. The highest BCUT2D eigenvalue weighted by Crippen LogP contribution is 2.35. The average Bonchev–Trinajstić information content (AvgIpc) is 4.09. The van der Waals surface area contributed by atoms with Crippen LogP contribution in [-0.2, 0) is 22.4 Å². The minimum absolute atomic E-state index is 0.0768. The van der Waals surface area contributed by atoms with Gasteiger partial charge in [-0.25, -0.2) is 19.6 Å². The number of H-pyrrole nitrogens is 2. The number of hydrogen-bond donors (Lipinski definition) is 6. The van der Waals surface area contributed by atoms with Crippen LogP contribution in [0.1, 0.15) is 73.4 Å². The second-order valence-electron chi connectivity index (χ2n) is 15.4. The molecule has 60 heavy (non-hydrogen) atoms. The average molecular weight is 847 g/mol. The summed E-state index contributed by atoms with van der Waals surface area (Å²) in [6, 6.07) is 18.9. The largest absolute Gasteiger partial charge is 0.465 e. The van der Waals surface area contributed by atoms with Crippen LogP contribution in [-0.4, -0.2) is 89.1 Å². The molecule has 2 aliphatic rings. The van der Waals surface area contributed by atoms with E-state index in [4.69, 9.17) is 0 Å². The zero-order valence-corrected chi connectivity index (χ0v) is 34.4. The highest BCUT2D eigenvalue weighted by atomic mass is 32.1. The summed E-state index contributed by atoms with van der Waals surface area (Å²) in [5.41, 5.74) is 7.72. The number of aromatic nitrogens is 4. The molecule has 4 amide bonds. The van der Waals surface area contributed by atoms with Gasteiger partial charge >= 0.3 is 12.2 Å². The highest BCUT2D eigenvalue weighted by Gasteiger charge is 2.35. The second-order valence-corrected chi connectivity index (χ2v) is 16.9. The smallest absolute Gasteiger partial charge is 0.404 e. The van der Waals surface area contributed by atoms with Gasteiger partial charge in [-0.15, -0.1) is 0 Å². The first-order valence-electron chi connectivity index (χ1n) is 20.1. The number of nitrogens with zero attached hydrogens (tertiary/aromatic N) is 4. The Bertz CT molecular complexity index is 2230. The molecule has 3 unspecified atom stereocenters. The molecule has 4 aromatic heterocycles. The van der Waals surface area contributed by atoms with E-state index in [0.29, 0.717) is 25.9 Å². The zero-order chi connectivity index (χ0) is 41.6. The molecule has 2 saturated heterocycles. The van der Waals surface area contributed by atoms with Crippen LogP contribution in [0, 0.1) is 0 Å². The van der Waals surface area contributed by atoms with E-state index < -0.39 is 24.3 Å². The van der Waals surface area contributed by atoms with E-state index in [2.05, 4.69) is 54.8 Å². The number of carbonyl (C=O) groups is 4. The third kappa shape index (κ3) is 9.61. The number of benzene rings is 2. The van der Waals surface area contributed by atoms with E-state index in [1.807, 2.05) is 67.7 Å². The lowest BCUT2D eigenvalue weighted by Gasteiger charge is -2.26. The number of aromatic amines is 2. The van der Waals surface area contributed by atoms with Crippen molar-refractivity contribution in [2.75, 3.05) is 13.1 Å². The molecule has 6 aromatic rings. The van der Waals surface area contributed by atoms with Crippen molar-refractivity contribution in [1.82, 2.24) is 40.4 Å². The first-order chi connectivity index (χ1) is 29.2. The molecule has 0 spiro atoms. The Morgan fingerprint density at radius 1 is 0.633 bits per heavy atom. The number of carboxylic acid groups (broad SMARTS) is 2. The van der Waals surface area contributed by atoms with Crippen LogP contribution >= 0.6 is 22.7 Å². The van der Waals surface area contributed by atoms with E-state index in [9.17, 15) is 29.4 Å². The van der Waals surface area contributed by atoms with Gasteiger partial charge in [-0.05, 0) is 106 Å². The fourth-order valence-electron chi connectivity index (χ4n) is 8.43. The topological polar surface area (TPSA) is 197 Å². The first kappa shape index (κ1) is 40.5. The van der Waals surface area contributed by atoms with Gasteiger partial charge in [-0.2, -0.15) is 22.7 Å². The Kier molecular flexibility index (Phi) is 12.4. The third-order valence-corrected chi connectivity index (χ3v) is 12.8. The summed E-state index contributed by atoms with van der Waals surface area (Å²) in [4.78, 5) is 69.9. The van der Waals surface area contributed by atoms with Crippen molar-refractivity contribution in [3.05, 3.63) is 117 Å². The van der Waals surface area contributed by atoms with Crippen LogP contribution in [0.15, 0.2) is 94.6 Å². The van der Waals surface area contributed by atoms with E-state index in [-0.39, 0.29) is 36.7 Å². The maximum atomic E-state index is 13.5. The molecule has 4 atom stereocenters. The predicted molar refractivity (Wildman–Crippen MR) is 230 cm³/mol. The van der Waals surface area contributed by atoms with Crippen molar-refractivity contribution in [1.29, 1.82) is 0 Å². The fourth-order valence-corrected chi connectivity index (χ4v) is 9.79. The number of thiophene rings is 2. The van der Waals surface area contributed by atoms with E-state index in [1.54, 1.807) is 35.1 Å². The van der Waals surface area contributed by atoms with Gasteiger partial charge in [0, 0.05) is 38.0 Å². The summed E-state index contributed by atoms with van der Waals surface area (Å²) >= 11 is 3.09. The molecule has 6 heterocycles. The van der Waals surface area contributed by atoms with Crippen LogP contribution < -0.4 is 10.6 Å². The standard InChI is InChI=1S/C44H46N8O6S2/c53-39(21-33(47-43(55)56)19-27-13-17-59-25-27)51-15-1-3-37(51)41-45-23-35(49-41)31-9-5-29(6-10-31)30-7-11-32(12-8-30)36-24-46-42(50-36)38-4-2-16-52(38)40(54)22-34(48-44(57)58)20-28-14-18-60-26-28/h5-14,17-18,23-26,33-34,37-38,47-48H,1-4,15-16,19-22H2,(H,45,49)(H,46,50)(H,55,56)(H,57,58)/t33-,34?,37?,38?/m0/s1. The maximum absolute atomic E-state index is 13.5. The Labute approximate surface area is 354 Å². The normalized spacial score (nSPS) is 17.4. The number of carbonyl (C=O) groups excluding carboxylic acids is 2. The Balaban J connectivity index is 0.882. The van der Waals surface area contributed by atoms with Crippen molar-refractivity contribution in [2.45, 2.75) is 75.5 Å². The van der Waals surface area contributed by atoms with Crippen LogP contribution in [0.4, 0.5) is 9.59 Å². The zero-order valence-electron chi connectivity index (χ0n) is 32.8. The van der Waals surface area contributed by atoms with Crippen molar-refractivity contribution in [3.8, 4) is 33.6 Å². The maximum Gasteiger partial charge on any atom is 0.404 e. The molecule has 14 nitrogen and oxygen atoms in total. The van der Waals surface area contributed by atoms with Gasteiger partial charge in [0.25, 0.3) is 0 Å². The predicted octanol–water partition coefficient (Wildman–Crippen LogP) is 8.12. The minimum Gasteiger partial charge on any atom is -0.465 e. The first-order valence-corrected chi connectivity index (χ1v) is 22.0. The molecular weight excluding hydrogens is 801 g/mol. The van der Waals surface area contributed by atoms with Crippen LogP contribution in [0.3, 0.4) is 0 Å². The van der Waals surface area contributed by atoms with E-state index in [0.717, 1.165) is 82.1 Å². The van der Waals surface area contributed by atoms with Gasteiger partial charge in [0.05, 0.1) is 35.9 Å². The van der Waals surface area contributed by atoms with Crippen LogP contribution in [0.2, 0.25) is 0 Å². The quantitative estimate of drug-likeness (QED) is 0.0596.